The first kappa shape index (κ1) is 12.3. The second-order valence-corrected chi connectivity index (χ2v) is 5.65. The molecule has 0 N–H and O–H groups in total. The Balaban J connectivity index is 2.02. The predicted molar refractivity (Wildman–Crippen MR) is 82.6 cm³/mol. The maximum atomic E-state index is 12.2. The maximum absolute atomic E-state index is 12.2. The van der Waals surface area contributed by atoms with Crippen molar-refractivity contribution in [2.75, 3.05) is 0 Å². The van der Waals surface area contributed by atoms with E-state index < -0.39 is 0 Å². The molecule has 1 aromatic carbocycles. The summed E-state index contributed by atoms with van der Waals surface area (Å²) in [5.74, 6) is 0.215. The normalized spacial score (nSPS) is 14.4. The van der Waals surface area contributed by atoms with Gasteiger partial charge in [-0.1, -0.05) is 35.9 Å². The van der Waals surface area contributed by atoms with Crippen molar-refractivity contribution in [3.63, 3.8) is 0 Å². The molecule has 21 heavy (non-hydrogen) atoms. The number of pyridine rings is 1. The first-order valence-electron chi connectivity index (χ1n) is 7.34. The Kier molecular flexibility index (Phi) is 2.67. The summed E-state index contributed by atoms with van der Waals surface area (Å²) in [4.78, 5) is 17.0. The highest BCUT2D eigenvalue weighted by Crippen LogP contribution is 2.29. The molecule has 3 heterocycles. The minimum Gasteiger partial charge on any atom is -0.293 e. The molecule has 0 fully saturated rings. The van der Waals surface area contributed by atoms with Crippen LogP contribution in [0.5, 0.6) is 0 Å². The van der Waals surface area contributed by atoms with E-state index in [-0.39, 0.29) is 5.78 Å². The molecule has 3 nitrogen and oxygen atoms in total. The van der Waals surface area contributed by atoms with Crippen LogP contribution in [0.1, 0.15) is 34.6 Å². The molecule has 4 rings (SSSR count). The van der Waals surface area contributed by atoms with Crippen LogP contribution in [0.2, 0.25) is 0 Å². The van der Waals surface area contributed by atoms with E-state index in [1.165, 1.54) is 5.56 Å². The highest BCUT2D eigenvalue weighted by atomic mass is 16.1. The molecule has 0 saturated heterocycles. The van der Waals surface area contributed by atoms with E-state index >= 15 is 0 Å². The number of ketones is 1. The second kappa shape index (κ2) is 4.55. The Labute approximate surface area is 123 Å². The second-order valence-electron chi connectivity index (χ2n) is 5.65. The van der Waals surface area contributed by atoms with E-state index in [1.807, 2.05) is 22.6 Å². The average molecular weight is 276 g/mol. The molecule has 0 amide bonds. The molecule has 0 unspecified atom stereocenters. The van der Waals surface area contributed by atoms with Crippen molar-refractivity contribution in [3.8, 4) is 11.3 Å². The summed E-state index contributed by atoms with van der Waals surface area (Å²) in [5.41, 5.74) is 6.18. The summed E-state index contributed by atoms with van der Waals surface area (Å²) in [6.45, 7) is 2.08. The number of benzene rings is 1. The minimum absolute atomic E-state index is 0.215. The van der Waals surface area contributed by atoms with E-state index in [0.29, 0.717) is 6.42 Å². The van der Waals surface area contributed by atoms with Crippen molar-refractivity contribution in [3.05, 3.63) is 59.4 Å². The molecule has 0 aliphatic carbocycles. The van der Waals surface area contributed by atoms with Gasteiger partial charge in [0.05, 0.1) is 17.1 Å². The zero-order chi connectivity index (χ0) is 14.4. The quantitative estimate of drug-likeness (QED) is 0.677. The van der Waals surface area contributed by atoms with Crippen LogP contribution in [-0.2, 0) is 6.42 Å². The zero-order valence-electron chi connectivity index (χ0n) is 12.0. The zero-order valence-corrected chi connectivity index (χ0v) is 12.0. The number of hydrogen-bond donors (Lipinski definition) is 0. The van der Waals surface area contributed by atoms with Gasteiger partial charge in [0.1, 0.15) is 5.65 Å². The molecule has 104 valence electrons. The van der Waals surface area contributed by atoms with Crippen molar-refractivity contribution in [2.45, 2.75) is 26.2 Å². The molecule has 0 spiro atoms. The van der Waals surface area contributed by atoms with Crippen LogP contribution in [0.15, 0.2) is 42.5 Å². The van der Waals surface area contributed by atoms with Gasteiger partial charge in [-0.25, -0.2) is 4.98 Å². The number of carbonyl (C=O) groups excluding carboxylic acids is 1. The maximum Gasteiger partial charge on any atom is 0.179 e. The number of Topliss-reactive ketones (excluding diaryl/α,β-unsaturated/α-hetero) is 1. The molecular weight excluding hydrogens is 260 g/mol. The fourth-order valence-corrected chi connectivity index (χ4v) is 3.09. The molecular formula is C18H16N2O. The van der Waals surface area contributed by atoms with Gasteiger partial charge >= 0.3 is 0 Å². The van der Waals surface area contributed by atoms with Crippen molar-refractivity contribution >= 4 is 11.4 Å². The Morgan fingerprint density at radius 3 is 2.67 bits per heavy atom. The molecule has 3 heteroatoms. The average Bonchev–Trinajstić information content (AvgIpc) is 2.77. The molecule has 0 atom stereocenters. The van der Waals surface area contributed by atoms with Gasteiger partial charge in [-0.05, 0) is 31.9 Å². The monoisotopic (exact) mass is 276 g/mol. The highest BCUT2D eigenvalue weighted by molar-refractivity contribution is 5.96. The van der Waals surface area contributed by atoms with Crippen LogP contribution in [-0.4, -0.2) is 15.2 Å². The minimum atomic E-state index is 0.215. The van der Waals surface area contributed by atoms with Crippen LogP contribution in [0, 0.1) is 6.92 Å². The molecule has 3 aromatic rings. The van der Waals surface area contributed by atoms with Crippen molar-refractivity contribution in [1.82, 2.24) is 9.38 Å². The van der Waals surface area contributed by atoms with E-state index in [2.05, 4.69) is 31.2 Å². The SMILES string of the molecule is Cc1ccc(-c2nc3cccc4n3c2CCCC4=O)cc1. The van der Waals surface area contributed by atoms with E-state index in [4.69, 9.17) is 4.98 Å². The van der Waals surface area contributed by atoms with Gasteiger partial charge in [-0.2, -0.15) is 0 Å². The van der Waals surface area contributed by atoms with Gasteiger partial charge in [0.2, 0.25) is 0 Å². The lowest BCUT2D eigenvalue weighted by Crippen LogP contribution is -2.03. The highest BCUT2D eigenvalue weighted by Gasteiger charge is 2.21. The fourth-order valence-electron chi connectivity index (χ4n) is 3.09. The third kappa shape index (κ3) is 1.88. The standard InChI is InChI=1S/C18H16N2O/c1-12-8-10-13(11-9-12)18-15-5-2-6-16(21)14-4-3-7-17(19-18)20(14)15/h3-4,7-11H,2,5-6H2,1H3. The van der Waals surface area contributed by atoms with Crippen molar-refractivity contribution < 1.29 is 4.79 Å². The molecule has 0 radical (unpaired) electrons. The topological polar surface area (TPSA) is 34.4 Å². The van der Waals surface area contributed by atoms with Crippen molar-refractivity contribution in [1.29, 1.82) is 0 Å². The number of aromatic nitrogens is 2. The van der Waals surface area contributed by atoms with Crippen LogP contribution in [0.4, 0.5) is 0 Å². The summed E-state index contributed by atoms with van der Waals surface area (Å²) >= 11 is 0. The van der Waals surface area contributed by atoms with Gasteiger partial charge in [0.15, 0.2) is 5.78 Å². The summed E-state index contributed by atoms with van der Waals surface area (Å²) in [6, 6.07) is 14.2. The molecule has 1 aliphatic heterocycles. The molecule has 0 bridgehead atoms. The van der Waals surface area contributed by atoms with E-state index in [1.54, 1.807) is 0 Å². The van der Waals surface area contributed by atoms with Gasteiger partial charge < -0.3 is 0 Å². The summed E-state index contributed by atoms with van der Waals surface area (Å²) in [5, 5.41) is 0. The van der Waals surface area contributed by atoms with E-state index in [0.717, 1.165) is 41.1 Å². The first-order chi connectivity index (χ1) is 10.2. The molecule has 2 aromatic heterocycles. The summed E-state index contributed by atoms with van der Waals surface area (Å²) in [7, 11) is 0. The lowest BCUT2D eigenvalue weighted by molar-refractivity contribution is 0.0977. The van der Waals surface area contributed by atoms with Crippen LogP contribution in [0.3, 0.4) is 0 Å². The number of carbonyl (C=O) groups is 1. The number of imidazole rings is 1. The first-order valence-corrected chi connectivity index (χ1v) is 7.34. The van der Waals surface area contributed by atoms with Gasteiger partial charge in [-0.15, -0.1) is 0 Å². The van der Waals surface area contributed by atoms with E-state index in [9.17, 15) is 4.79 Å². The smallest absolute Gasteiger partial charge is 0.179 e. The number of aryl methyl sites for hydroxylation is 2. The lowest BCUT2D eigenvalue weighted by Gasteiger charge is -2.04. The molecule has 0 saturated carbocycles. The van der Waals surface area contributed by atoms with Crippen molar-refractivity contribution in [2.24, 2.45) is 0 Å². The third-order valence-corrected chi connectivity index (χ3v) is 4.17. The van der Waals surface area contributed by atoms with Crippen LogP contribution < -0.4 is 0 Å². The Morgan fingerprint density at radius 2 is 1.86 bits per heavy atom. The third-order valence-electron chi connectivity index (χ3n) is 4.17. The Bertz CT molecular complexity index is 844. The Hall–Kier alpha value is -2.42. The van der Waals surface area contributed by atoms with Gasteiger partial charge in [-0.3, -0.25) is 9.20 Å². The van der Waals surface area contributed by atoms with Gasteiger partial charge in [0.25, 0.3) is 0 Å². The number of hydrogen-bond acceptors (Lipinski definition) is 2. The van der Waals surface area contributed by atoms with Crippen LogP contribution in [0.25, 0.3) is 16.9 Å². The van der Waals surface area contributed by atoms with Gasteiger partial charge in [0, 0.05) is 12.0 Å². The number of nitrogens with zero attached hydrogens (tertiary/aromatic N) is 2. The summed E-state index contributed by atoms with van der Waals surface area (Å²) in [6.07, 6.45) is 2.40. The van der Waals surface area contributed by atoms with Crippen LogP contribution >= 0.6 is 0 Å². The number of rotatable bonds is 1. The summed E-state index contributed by atoms with van der Waals surface area (Å²) < 4.78 is 2.05. The fraction of sp³-hybridized carbons (Fsp3) is 0.222. The molecule has 1 aliphatic rings. The predicted octanol–water partition coefficient (Wildman–Crippen LogP) is 3.83. The lowest BCUT2D eigenvalue weighted by atomic mass is 10.1. The Morgan fingerprint density at radius 1 is 1.05 bits per heavy atom. The largest absolute Gasteiger partial charge is 0.293 e.